The van der Waals surface area contributed by atoms with Crippen molar-refractivity contribution < 1.29 is 9.30 Å². The van der Waals surface area contributed by atoms with Gasteiger partial charge in [-0.2, -0.15) is 4.98 Å². The van der Waals surface area contributed by atoms with Gasteiger partial charge in [-0.1, -0.05) is 11.6 Å². The number of aromatic nitrogens is 4. The van der Waals surface area contributed by atoms with Crippen molar-refractivity contribution in [3.63, 3.8) is 0 Å². The minimum absolute atomic E-state index is 0.212. The molecule has 0 unspecified atom stereocenters. The summed E-state index contributed by atoms with van der Waals surface area (Å²) in [6.07, 6.45) is 9.25. The molecule has 3 heterocycles. The molecule has 2 aromatic carbocycles. The number of nitrogens with zero attached hydrogens (tertiary/aromatic N) is 7. The molecule has 4 aromatic rings. The Bertz CT molecular complexity index is 1800. The Morgan fingerprint density at radius 1 is 1.07 bits per heavy atom. The molecule has 236 valence electrons. The van der Waals surface area contributed by atoms with Gasteiger partial charge < -0.3 is 29.7 Å². The number of halogens is 1. The number of hydrogen-bond acceptors (Lipinski definition) is 12. The summed E-state index contributed by atoms with van der Waals surface area (Å²) < 4.78 is 19.1. The second kappa shape index (κ2) is 12.2. The minimum Gasteiger partial charge on any atom is -0.494 e. The Morgan fingerprint density at radius 3 is 2.47 bits per heavy atom. The van der Waals surface area contributed by atoms with Crippen molar-refractivity contribution in [2.75, 3.05) is 63.2 Å². The maximum absolute atomic E-state index is 13.4. The van der Waals surface area contributed by atoms with Crippen molar-refractivity contribution >= 4 is 69.6 Å². The van der Waals surface area contributed by atoms with Crippen molar-refractivity contribution in [3.05, 3.63) is 52.8 Å². The first-order valence-corrected chi connectivity index (χ1v) is 17.8. The highest BCUT2D eigenvalue weighted by Crippen LogP contribution is 2.52. The average molecular weight is 650 g/mol. The van der Waals surface area contributed by atoms with Gasteiger partial charge in [-0.3, -0.25) is 9.97 Å². The standard InChI is InChI=1S/C31H37ClN9O3P/c1-40(2)19-16-31(17-19)8-12-41(13-9-31)25-15-26(44-3)24(14-23(25)39-42)37-30-35-18-20(32)29(38-30)36-22-7-6-21-27(34-11-10-33-21)28(22)45(4,5)43/h6-7,10-11,14-15,18-19H,8-9,12-13,16-17H2,1-5H3,(H2,35,36,37,38). The lowest BCUT2D eigenvalue weighted by Crippen LogP contribution is -2.53. The van der Waals surface area contributed by atoms with Crippen molar-refractivity contribution in [3.8, 4) is 5.75 Å². The summed E-state index contributed by atoms with van der Waals surface area (Å²) in [7, 11) is 3.08. The molecular weight excluding hydrogens is 613 g/mol. The normalized spacial score (nSPS) is 16.6. The van der Waals surface area contributed by atoms with Gasteiger partial charge in [0, 0.05) is 37.6 Å². The van der Waals surface area contributed by atoms with Crippen molar-refractivity contribution in [2.24, 2.45) is 10.6 Å². The fraction of sp³-hybridized carbons (Fsp3) is 0.419. The molecule has 2 aliphatic rings. The monoisotopic (exact) mass is 649 g/mol. The number of hydrogen-bond donors (Lipinski definition) is 2. The number of benzene rings is 2. The van der Waals surface area contributed by atoms with Crippen LogP contribution in [0.3, 0.4) is 0 Å². The Balaban J connectivity index is 1.25. The quantitative estimate of drug-likeness (QED) is 0.151. The summed E-state index contributed by atoms with van der Waals surface area (Å²) in [6.45, 7) is 5.08. The van der Waals surface area contributed by atoms with E-state index in [-0.39, 0.29) is 11.0 Å². The second-order valence-corrected chi connectivity index (χ2v) is 16.1. The molecule has 2 aromatic heterocycles. The first kappa shape index (κ1) is 31.1. The number of anilines is 5. The predicted octanol–water partition coefficient (Wildman–Crippen LogP) is 6.53. The molecule has 2 N–H and O–H groups in total. The molecule has 1 spiro atoms. The summed E-state index contributed by atoms with van der Waals surface area (Å²) in [4.78, 5) is 34.3. The van der Waals surface area contributed by atoms with Gasteiger partial charge in [0.15, 0.2) is 5.82 Å². The van der Waals surface area contributed by atoms with E-state index in [4.69, 9.17) is 16.3 Å². The van der Waals surface area contributed by atoms with Gasteiger partial charge in [0.25, 0.3) is 0 Å². The van der Waals surface area contributed by atoms with Crippen LogP contribution in [-0.2, 0) is 4.57 Å². The molecule has 2 fully saturated rings. The van der Waals surface area contributed by atoms with Crippen molar-refractivity contribution in [1.82, 2.24) is 24.8 Å². The van der Waals surface area contributed by atoms with E-state index < -0.39 is 7.14 Å². The number of fused-ring (bicyclic) bond motifs is 1. The third-order valence-corrected chi connectivity index (χ3v) is 10.8. The van der Waals surface area contributed by atoms with E-state index >= 15 is 0 Å². The third-order valence-electron chi connectivity index (χ3n) is 9.02. The van der Waals surface area contributed by atoms with Crippen LogP contribution >= 0.6 is 18.7 Å². The first-order valence-electron chi connectivity index (χ1n) is 14.8. The molecule has 0 radical (unpaired) electrons. The largest absolute Gasteiger partial charge is 0.494 e. The Labute approximate surface area is 267 Å². The summed E-state index contributed by atoms with van der Waals surface area (Å²) in [5.74, 6) is 1.03. The maximum Gasteiger partial charge on any atom is 0.229 e. The average Bonchev–Trinajstić information content (AvgIpc) is 3.00. The van der Waals surface area contributed by atoms with Gasteiger partial charge in [-0.25, -0.2) is 4.98 Å². The number of methoxy groups -OCH3 is 1. The van der Waals surface area contributed by atoms with Gasteiger partial charge in [-0.05, 0) is 81.9 Å². The Kier molecular flexibility index (Phi) is 8.41. The Hall–Kier alpha value is -3.86. The fourth-order valence-electron chi connectivity index (χ4n) is 6.52. The number of nitroso groups, excluding NO2 is 1. The zero-order valence-electron chi connectivity index (χ0n) is 26.0. The van der Waals surface area contributed by atoms with Crippen LogP contribution in [0.1, 0.15) is 25.7 Å². The molecule has 14 heteroatoms. The van der Waals surface area contributed by atoms with Crippen LogP contribution in [0.15, 0.2) is 48.0 Å². The summed E-state index contributed by atoms with van der Waals surface area (Å²) >= 11 is 6.50. The molecule has 0 bridgehead atoms. The molecule has 1 aliphatic carbocycles. The highest BCUT2D eigenvalue weighted by atomic mass is 35.5. The molecular formula is C31H37ClN9O3P. The van der Waals surface area contributed by atoms with Gasteiger partial charge in [0.05, 0.1) is 41.2 Å². The molecule has 45 heavy (non-hydrogen) atoms. The molecule has 12 nitrogen and oxygen atoms in total. The van der Waals surface area contributed by atoms with Crippen LogP contribution in [0.4, 0.5) is 34.5 Å². The van der Waals surface area contributed by atoms with E-state index in [1.807, 2.05) is 6.07 Å². The highest BCUT2D eigenvalue weighted by Gasteiger charge is 2.46. The zero-order valence-corrected chi connectivity index (χ0v) is 27.7. The van der Waals surface area contributed by atoms with Crippen molar-refractivity contribution in [1.29, 1.82) is 0 Å². The molecule has 1 saturated carbocycles. The third kappa shape index (κ3) is 6.19. The molecule has 0 atom stereocenters. The van der Waals surface area contributed by atoms with Crippen LogP contribution in [0.5, 0.6) is 5.75 Å². The Morgan fingerprint density at radius 2 is 1.80 bits per heavy atom. The van der Waals surface area contributed by atoms with E-state index in [0.29, 0.717) is 56.4 Å². The summed E-state index contributed by atoms with van der Waals surface area (Å²) in [6, 6.07) is 7.75. The fourth-order valence-corrected chi connectivity index (χ4v) is 8.05. The predicted molar refractivity (Wildman–Crippen MR) is 181 cm³/mol. The van der Waals surface area contributed by atoms with Crippen molar-refractivity contribution in [2.45, 2.75) is 31.7 Å². The number of ether oxygens (including phenoxy) is 1. The van der Waals surface area contributed by atoms with Crippen LogP contribution in [0.2, 0.25) is 5.02 Å². The SMILES string of the molecule is COc1cc(N2CCC3(CC2)CC(N(C)C)C3)c(N=O)cc1Nc1ncc(Cl)c(Nc2ccc3nccnc3c2P(C)(C)=O)n1. The maximum atomic E-state index is 13.4. The minimum atomic E-state index is -2.80. The topological polar surface area (TPSA) is 138 Å². The first-order chi connectivity index (χ1) is 21.5. The van der Waals surface area contributed by atoms with E-state index in [1.54, 1.807) is 51.0 Å². The number of nitrogens with one attached hydrogen (secondary N) is 2. The number of rotatable bonds is 9. The summed E-state index contributed by atoms with van der Waals surface area (Å²) in [5.41, 5.74) is 3.69. The zero-order chi connectivity index (χ0) is 31.9. The second-order valence-electron chi connectivity index (χ2n) is 12.5. The summed E-state index contributed by atoms with van der Waals surface area (Å²) in [5, 5.41) is 10.6. The molecule has 1 saturated heterocycles. The molecule has 0 amide bonds. The van der Waals surface area contributed by atoms with Crippen LogP contribution in [0, 0.1) is 10.3 Å². The smallest absolute Gasteiger partial charge is 0.229 e. The van der Waals surface area contributed by atoms with E-state index in [1.165, 1.54) is 19.0 Å². The lowest BCUT2D eigenvalue weighted by atomic mass is 9.60. The van der Waals surface area contributed by atoms with Gasteiger partial charge in [0.1, 0.15) is 29.1 Å². The van der Waals surface area contributed by atoms with E-state index in [0.717, 1.165) is 31.6 Å². The van der Waals surface area contributed by atoms with Gasteiger partial charge in [-0.15, -0.1) is 4.91 Å². The highest BCUT2D eigenvalue weighted by molar-refractivity contribution is 7.71. The molecule has 6 rings (SSSR count). The van der Waals surface area contributed by atoms with E-state index in [2.05, 4.69) is 59.6 Å². The molecule has 1 aliphatic heterocycles. The van der Waals surface area contributed by atoms with Gasteiger partial charge >= 0.3 is 0 Å². The van der Waals surface area contributed by atoms with Crippen LogP contribution < -0.4 is 25.6 Å². The van der Waals surface area contributed by atoms with Crippen LogP contribution in [-0.4, -0.2) is 78.5 Å². The van der Waals surface area contributed by atoms with Crippen LogP contribution in [0.25, 0.3) is 11.0 Å². The van der Waals surface area contributed by atoms with Gasteiger partial charge in [0.2, 0.25) is 5.95 Å². The lowest BCUT2D eigenvalue weighted by Gasteiger charge is -2.54. The van der Waals surface area contributed by atoms with E-state index in [9.17, 15) is 9.47 Å². The lowest BCUT2D eigenvalue weighted by molar-refractivity contribution is 0.00491. The number of piperidine rings is 1.